The zero-order chi connectivity index (χ0) is 17.8. The van der Waals surface area contributed by atoms with E-state index in [-0.39, 0.29) is 5.91 Å². The standard InChI is InChI=1S/C20H24N4O2/c25-20(24-12-14-26-15-13-24)19-16-18(6-7-21-19)23-10-8-22(9-11-23)17-4-2-1-3-5-17/h1-7,16H,8-15H2. The zero-order valence-corrected chi connectivity index (χ0v) is 14.9. The second-order valence-corrected chi connectivity index (χ2v) is 6.61. The van der Waals surface area contributed by atoms with Crippen LogP contribution in [0.5, 0.6) is 0 Å². The summed E-state index contributed by atoms with van der Waals surface area (Å²) in [6.45, 7) is 6.30. The van der Waals surface area contributed by atoms with Crippen molar-refractivity contribution in [3.05, 3.63) is 54.4 Å². The quantitative estimate of drug-likeness (QED) is 0.844. The number of hydrogen-bond donors (Lipinski definition) is 0. The molecule has 0 saturated carbocycles. The normalized spacial score (nSPS) is 18.1. The summed E-state index contributed by atoms with van der Waals surface area (Å²) in [6.07, 6.45) is 1.74. The number of para-hydroxylation sites is 1. The summed E-state index contributed by atoms with van der Waals surface area (Å²) in [4.78, 5) is 23.5. The van der Waals surface area contributed by atoms with Crippen molar-refractivity contribution < 1.29 is 9.53 Å². The minimum absolute atomic E-state index is 0.00179. The average molecular weight is 352 g/mol. The second kappa shape index (κ2) is 7.74. The molecular formula is C20H24N4O2. The van der Waals surface area contributed by atoms with Crippen LogP contribution in [0.2, 0.25) is 0 Å². The number of benzene rings is 1. The van der Waals surface area contributed by atoms with Gasteiger partial charge < -0.3 is 19.4 Å². The average Bonchev–Trinajstić information content (AvgIpc) is 2.75. The highest BCUT2D eigenvalue weighted by Gasteiger charge is 2.22. The number of anilines is 2. The predicted octanol–water partition coefficient (Wildman–Crippen LogP) is 1.88. The molecule has 6 nitrogen and oxygen atoms in total. The lowest BCUT2D eigenvalue weighted by atomic mass is 10.2. The van der Waals surface area contributed by atoms with Gasteiger partial charge in [0.15, 0.2) is 0 Å². The van der Waals surface area contributed by atoms with E-state index in [1.54, 1.807) is 6.20 Å². The molecule has 26 heavy (non-hydrogen) atoms. The predicted molar refractivity (Wildman–Crippen MR) is 102 cm³/mol. The van der Waals surface area contributed by atoms with Gasteiger partial charge in [-0.3, -0.25) is 9.78 Å². The van der Waals surface area contributed by atoms with Crippen LogP contribution in [0.15, 0.2) is 48.7 Å². The van der Waals surface area contributed by atoms with Crippen LogP contribution in [-0.4, -0.2) is 68.3 Å². The van der Waals surface area contributed by atoms with Gasteiger partial charge in [0.1, 0.15) is 5.69 Å². The summed E-state index contributed by atoms with van der Waals surface area (Å²) in [6, 6.07) is 14.4. The van der Waals surface area contributed by atoms with Gasteiger partial charge in [-0.05, 0) is 24.3 Å². The van der Waals surface area contributed by atoms with Gasteiger partial charge in [0.25, 0.3) is 5.91 Å². The molecule has 1 aromatic heterocycles. The van der Waals surface area contributed by atoms with Crippen molar-refractivity contribution in [3.8, 4) is 0 Å². The first-order chi connectivity index (χ1) is 12.8. The molecule has 0 spiro atoms. The van der Waals surface area contributed by atoms with E-state index in [9.17, 15) is 4.79 Å². The fourth-order valence-electron chi connectivity index (χ4n) is 3.52. The lowest BCUT2D eigenvalue weighted by Crippen LogP contribution is -2.46. The molecule has 0 unspecified atom stereocenters. The topological polar surface area (TPSA) is 48.9 Å². The highest BCUT2D eigenvalue weighted by molar-refractivity contribution is 5.93. The Labute approximate surface area is 154 Å². The summed E-state index contributed by atoms with van der Waals surface area (Å²) in [5.41, 5.74) is 2.87. The van der Waals surface area contributed by atoms with Gasteiger partial charge in [-0.15, -0.1) is 0 Å². The minimum atomic E-state index is -0.00179. The number of pyridine rings is 1. The van der Waals surface area contributed by atoms with Gasteiger partial charge in [0.05, 0.1) is 13.2 Å². The fourth-order valence-corrected chi connectivity index (χ4v) is 3.52. The van der Waals surface area contributed by atoms with Crippen LogP contribution in [-0.2, 0) is 4.74 Å². The van der Waals surface area contributed by atoms with Crippen LogP contribution in [0.1, 0.15) is 10.5 Å². The molecule has 1 amide bonds. The number of piperazine rings is 1. The summed E-state index contributed by atoms with van der Waals surface area (Å²) >= 11 is 0. The van der Waals surface area contributed by atoms with Crippen molar-refractivity contribution in [2.45, 2.75) is 0 Å². The SMILES string of the molecule is O=C(c1cc(N2CCN(c3ccccc3)CC2)ccn1)N1CCOCC1. The van der Waals surface area contributed by atoms with Gasteiger partial charge in [-0.2, -0.15) is 0 Å². The molecule has 4 rings (SSSR count). The van der Waals surface area contributed by atoms with Crippen molar-refractivity contribution in [2.75, 3.05) is 62.3 Å². The number of amides is 1. The Morgan fingerprint density at radius 2 is 1.50 bits per heavy atom. The first kappa shape index (κ1) is 16.8. The molecule has 2 saturated heterocycles. The first-order valence-electron chi connectivity index (χ1n) is 9.19. The van der Waals surface area contributed by atoms with E-state index >= 15 is 0 Å². The molecule has 0 atom stereocenters. The summed E-state index contributed by atoms with van der Waals surface area (Å²) in [5, 5.41) is 0. The van der Waals surface area contributed by atoms with Gasteiger partial charge in [-0.25, -0.2) is 0 Å². The van der Waals surface area contributed by atoms with Crippen molar-refractivity contribution in [2.24, 2.45) is 0 Å². The molecule has 2 fully saturated rings. The molecule has 0 radical (unpaired) electrons. The highest BCUT2D eigenvalue weighted by Crippen LogP contribution is 2.21. The maximum atomic E-state index is 12.7. The molecule has 3 heterocycles. The van der Waals surface area contributed by atoms with Crippen molar-refractivity contribution in [1.82, 2.24) is 9.88 Å². The number of carbonyl (C=O) groups excluding carboxylic acids is 1. The second-order valence-electron chi connectivity index (χ2n) is 6.61. The number of nitrogens with zero attached hydrogens (tertiary/aromatic N) is 4. The Hall–Kier alpha value is -2.60. The third-order valence-corrected chi connectivity index (χ3v) is 5.03. The fraction of sp³-hybridized carbons (Fsp3) is 0.400. The largest absolute Gasteiger partial charge is 0.378 e. The summed E-state index contributed by atoms with van der Waals surface area (Å²) in [5.74, 6) is -0.00179. The first-order valence-corrected chi connectivity index (χ1v) is 9.19. The van der Waals surface area contributed by atoms with Gasteiger partial charge >= 0.3 is 0 Å². The number of rotatable bonds is 3. The van der Waals surface area contributed by atoms with Crippen LogP contribution in [0.25, 0.3) is 0 Å². The Morgan fingerprint density at radius 3 is 2.19 bits per heavy atom. The molecule has 0 bridgehead atoms. The van der Waals surface area contributed by atoms with Crippen molar-refractivity contribution in [1.29, 1.82) is 0 Å². The smallest absolute Gasteiger partial charge is 0.272 e. The lowest BCUT2D eigenvalue weighted by Gasteiger charge is -2.37. The van der Waals surface area contributed by atoms with Crippen LogP contribution >= 0.6 is 0 Å². The lowest BCUT2D eigenvalue weighted by molar-refractivity contribution is 0.0299. The number of hydrogen-bond acceptors (Lipinski definition) is 5. The number of aromatic nitrogens is 1. The Morgan fingerprint density at radius 1 is 0.846 bits per heavy atom. The third-order valence-electron chi connectivity index (χ3n) is 5.03. The molecule has 2 aromatic rings. The molecule has 0 N–H and O–H groups in total. The van der Waals surface area contributed by atoms with Gasteiger partial charge in [0.2, 0.25) is 0 Å². The number of carbonyl (C=O) groups is 1. The van der Waals surface area contributed by atoms with Gasteiger partial charge in [-0.1, -0.05) is 18.2 Å². The Bertz CT molecular complexity index is 738. The minimum Gasteiger partial charge on any atom is -0.378 e. The molecule has 2 aliphatic heterocycles. The van der Waals surface area contributed by atoms with E-state index in [1.165, 1.54) is 5.69 Å². The van der Waals surface area contributed by atoms with E-state index in [0.717, 1.165) is 31.9 Å². The van der Waals surface area contributed by atoms with Crippen LogP contribution < -0.4 is 9.80 Å². The van der Waals surface area contributed by atoms with Crippen molar-refractivity contribution >= 4 is 17.3 Å². The van der Waals surface area contributed by atoms with E-state index in [0.29, 0.717) is 32.0 Å². The molecule has 2 aliphatic rings. The Balaban J connectivity index is 1.42. The third kappa shape index (κ3) is 3.65. The Kier molecular flexibility index (Phi) is 5.02. The number of ether oxygens (including phenoxy) is 1. The maximum absolute atomic E-state index is 12.7. The van der Waals surface area contributed by atoms with E-state index in [4.69, 9.17) is 4.74 Å². The molecular weight excluding hydrogens is 328 g/mol. The molecule has 1 aromatic carbocycles. The molecule has 6 heteroatoms. The van der Waals surface area contributed by atoms with Crippen LogP contribution in [0.4, 0.5) is 11.4 Å². The molecule has 0 aliphatic carbocycles. The van der Waals surface area contributed by atoms with E-state index in [2.05, 4.69) is 39.0 Å². The van der Waals surface area contributed by atoms with Gasteiger partial charge in [0, 0.05) is 56.8 Å². The molecule has 136 valence electrons. The monoisotopic (exact) mass is 352 g/mol. The number of morpholine rings is 1. The van der Waals surface area contributed by atoms with Crippen molar-refractivity contribution in [3.63, 3.8) is 0 Å². The van der Waals surface area contributed by atoms with Crippen LogP contribution in [0, 0.1) is 0 Å². The maximum Gasteiger partial charge on any atom is 0.272 e. The highest BCUT2D eigenvalue weighted by atomic mass is 16.5. The van der Waals surface area contributed by atoms with E-state index in [1.807, 2.05) is 23.1 Å². The summed E-state index contributed by atoms with van der Waals surface area (Å²) in [7, 11) is 0. The van der Waals surface area contributed by atoms with E-state index < -0.39 is 0 Å². The van der Waals surface area contributed by atoms with Crippen LogP contribution in [0.3, 0.4) is 0 Å². The zero-order valence-electron chi connectivity index (χ0n) is 14.9. The summed E-state index contributed by atoms with van der Waals surface area (Å²) < 4.78 is 5.32.